The SMILES string of the molecule is CCN(CC)CCCC1CCCCN1C(=O)N1c2ccccc2C(=O)Nc2cccnc21. The van der Waals surface area contributed by atoms with Crippen LogP contribution in [-0.4, -0.2) is 58.9 Å². The molecule has 0 saturated carbocycles. The highest BCUT2D eigenvalue weighted by Crippen LogP contribution is 2.38. The second-order valence-electron chi connectivity index (χ2n) is 8.48. The maximum Gasteiger partial charge on any atom is 0.330 e. The molecule has 3 heterocycles. The van der Waals surface area contributed by atoms with Crippen molar-refractivity contribution in [2.24, 2.45) is 0 Å². The molecule has 0 spiro atoms. The van der Waals surface area contributed by atoms with Crippen LogP contribution in [0.5, 0.6) is 0 Å². The van der Waals surface area contributed by atoms with E-state index in [-0.39, 0.29) is 18.0 Å². The van der Waals surface area contributed by atoms with E-state index in [2.05, 4.69) is 29.0 Å². The van der Waals surface area contributed by atoms with Gasteiger partial charge in [0.05, 0.1) is 16.9 Å². The number of amides is 3. The van der Waals surface area contributed by atoms with Gasteiger partial charge in [0, 0.05) is 18.8 Å². The number of likely N-dealkylation sites (tertiary alicyclic amines) is 1. The Morgan fingerprint density at radius 2 is 1.97 bits per heavy atom. The van der Waals surface area contributed by atoms with Crippen LogP contribution in [0, 0.1) is 0 Å². The molecular formula is C25H33N5O2. The van der Waals surface area contributed by atoms with Crippen molar-refractivity contribution in [1.29, 1.82) is 0 Å². The van der Waals surface area contributed by atoms with Crippen LogP contribution in [0.15, 0.2) is 42.6 Å². The number of carbonyl (C=O) groups is 2. The van der Waals surface area contributed by atoms with Crippen molar-refractivity contribution in [2.75, 3.05) is 36.4 Å². The number of carbonyl (C=O) groups excluding carboxylic acids is 2. The summed E-state index contributed by atoms with van der Waals surface area (Å²) in [7, 11) is 0. The lowest BCUT2D eigenvalue weighted by molar-refractivity contribution is 0.102. The second-order valence-corrected chi connectivity index (χ2v) is 8.48. The highest BCUT2D eigenvalue weighted by Gasteiger charge is 2.36. The van der Waals surface area contributed by atoms with Crippen LogP contribution in [0.1, 0.15) is 56.3 Å². The summed E-state index contributed by atoms with van der Waals surface area (Å²) in [6, 6.07) is 10.9. The van der Waals surface area contributed by atoms with E-state index < -0.39 is 0 Å². The quantitative estimate of drug-likeness (QED) is 0.702. The predicted octanol–water partition coefficient (Wildman–Crippen LogP) is 4.88. The molecular weight excluding hydrogens is 402 g/mol. The van der Waals surface area contributed by atoms with Gasteiger partial charge in [-0.2, -0.15) is 0 Å². The van der Waals surface area contributed by atoms with E-state index >= 15 is 0 Å². The van der Waals surface area contributed by atoms with Gasteiger partial charge >= 0.3 is 6.03 Å². The summed E-state index contributed by atoms with van der Waals surface area (Å²) in [5.41, 5.74) is 1.62. The van der Waals surface area contributed by atoms with Crippen LogP contribution in [0.4, 0.5) is 22.0 Å². The van der Waals surface area contributed by atoms with Gasteiger partial charge in [-0.3, -0.25) is 4.79 Å². The number of urea groups is 1. The maximum absolute atomic E-state index is 14.0. The van der Waals surface area contributed by atoms with E-state index in [9.17, 15) is 9.59 Å². The molecule has 2 aliphatic heterocycles. The van der Waals surface area contributed by atoms with Crippen molar-refractivity contribution in [2.45, 2.75) is 52.0 Å². The van der Waals surface area contributed by atoms with Crippen molar-refractivity contribution in [3.05, 3.63) is 48.2 Å². The first kappa shape index (κ1) is 22.3. The molecule has 1 atom stereocenters. The summed E-state index contributed by atoms with van der Waals surface area (Å²) in [6.45, 7) is 8.28. The molecule has 7 nitrogen and oxygen atoms in total. The minimum atomic E-state index is -0.223. The minimum absolute atomic E-state index is 0.0959. The van der Waals surface area contributed by atoms with Gasteiger partial charge in [-0.25, -0.2) is 14.7 Å². The van der Waals surface area contributed by atoms with E-state index in [0.29, 0.717) is 22.8 Å². The normalized spacial score (nSPS) is 18.1. The fourth-order valence-electron chi connectivity index (χ4n) is 4.80. The standard InChI is InChI=1S/C25H33N5O2/c1-3-28(4-2)17-10-12-19-11-7-8-18-29(19)25(32)30-22-15-6-5-13-20(22)24(31)27-21-14-9-16-26-23(21)30/h5-6,9,13-16,19H,3-4,7-8,10-12,17-18H2,1-2H3,(H,27,31). The summed E-state index contributed by atoms with van der Waals surface area (Å²) in [5.74, 6) is 0.253. The molecule has 1 aromatic heterocycles. The molecule has 170 valence electrons. The first-order chi connectivity index (χ1) is 15.6. The summed E-state index contributed by atoms with van der Waals surface area (Å²) in [6.07, 6.45) is 6.89. The van der Waals surface area contributed by atoms with E-state index in [0.717, 1.165) is 58.3 Å². The van der Waals surface area contributed by atoms with Crippen LogP contribution < -0.4 is 10.2 Å². The lowest BCUT2D eigenvalue weighted by Crippen LogP contribution is -2.49. The third kappa shape index (κ3) is 4.48. The Labute approximate surface area is 190 Å². The monoisotopic (exact) mass is 435 g/mol. The number of nitrogens with one attached hydrogen (secondary N) is 1. The van der Waals surface area contributed by atoms with Crippen LogP contribution in [-0.2, 0) is 0 Å². The van der Waals surface area contributed by atoms with Gasteiger partial charge in [-0.15, -0.1) is 0 Å². The van der Waals surface area contributed by atoms with Gasteiger partial charge in [0.25, 0.3) is 5.91 Å². The number of piperidine rings is 1. The summed E-state index contributed by atoms with van der Waals surface area (Å²) in [5, 5.41) is 2.92. The number of hydrogen-bond acceptors (Lipinski definition) is 4. The van der Waals surface area contributed by atoms with Crippen molar-refractivity contribution in [3.8, 4) is 0 Å². The van der Waals surface area contributed by atoms with E-state index in [4.69, 9.17) is 0 Å². The molecule has 4 rings (SSSR count). The molecule has 2 aromatic rings. The second kappa shape index (κ2) is 10.1. The van der Waals surface area contributed by atoms with Crippen molar-refractivity contribution in [3.63, 3.8) is 0 Å². The van der Waals surface area contributed by atoms with E-state index in [1.54, 1.807) is 29.3 Å². The molecule has 1 saturated heterocycles. The van der Waals surface area contributed by atoms with Crippen LogP contribution in [0.2, 0.25) is 0 Å². The number of anilines is 3. The molecule has 2 aliphatic rings. The summed E-state index contributed by atoms with van der Waals surface area (Å²) >= 11 is 0. The van der Waals surface area contributed by atoms with E-state index in [1.807, 2.05) is 23.1 Å². The number of pyridine rings is 1. The third-order valence-corrected chi connectivity index (χ3v) is 6.61. The Morgan fingerprint density at radius 1 is 1.16 bits per heavy atom. The third-order valence-electron chi connectivity index (χ3n) is 6.61. The smallest absolute Gasteiger partial charge is 0.321 e. The molecule has 0 radical (unpaired) electrons. The summed E-state index contributed by atoms with van der Waals surface area (Å²) in [4.78, 5) is 37.4. The molecule has 3 amide bonds. The molecule has 1 N–H and O–H groups in total. The number of rotatable bonds is 6. The Hall–Kier alpha value is -2.93. The van der Waals surface area contributed by atoms with Crippen molar-refractivity contribution < 1.29 is 9.59 Å². The zero-order valence-electron chi connectivity index (χ0n) is 19.1. The van der Waals surface area contributed by atoms with Crippen LogP contribution in [0.25, 0.3) is 0 Å². The molecule has 1 unspecified atom stereocenters. The first-order valence-corrected chi connectivity index (χ1v) is 11.8. The molecule has 1 aromatic carbocycles. The number of benzene rings is 1. The van der Waals surface area contributed by atoms with Gasteiger partial charge in [-0.05, 0) is 76.0 Å². The van der Waals surface area contributed by atoms with Crippen molar-refractivity contribution in [1.82, 2.24) is 14.8 Å². The maximum atomic E-state index is 14.0. The fraction of sp³-hybridized carbons (Fsp3) is 0.480. The number of fused-ring (bicyclic) bond motifs is 2. The Bertz CT molecular complexity index is 959. The molecule has 1 fully saturated rings. The number of nitrogens with zero attached hydrogens (tertiary/aromatic N) is 4. The first-order valence-electron chi connectivity index (χ1n) is 11.8. The van der Waals surface area contributed by atoms with Gasteiger partial charge in [0.2, 0.25) is 0 Å². The van der Waals surface area contributed by atoms with Crippen molar-refractivity contribution >= 4 is 29.1 Å². The molecule has 7 heteroatoms. The Kier molecular flexibility index (Phi) is 7.05. The van der Waals surface area contributed by atoms with Gasteiger partial charge in [0.1, 0.15) is 0 Å². The fourth-order valence-corrected chi connectivity index (χ4v) is 4.80. The summed E-state index contributed by atoms with van der Waals surface area (Å²) < 4.78 is 0. The number of aromatic nitrogens is 1. The van der Waals surface area contributed by atoms with Gasteiger partial charge < -0.3 is 15.1 Å². The molecule has 0 bridgehead atoms. The highest BCUT2D eigenvalue weighted by atomic mass is 16.2. The van der Waals surface area contributed by atoms with Gasteiger partial charge in [0.15, 0.2) is 5.82 Å². The van der Waals surface area contributed by atoms with Gasteiger partial charge in [-0.1, -0.05) is 26.0 Å². The lowest BCUT2D eigenvalue weighted by atomic mass is 9.98. The average molecular weight is 436 g/mol. The van der Waals surface area contributed by atoms with Crippen LogP contribution >= 0.6 is 0 Å². The topological polar surface area (TPSA) is 68.8 Å². The molecule has 0 aliphatic carbocycles. The average Bonchev–Trinajstić information content (AvgIpc) is 2.95. The zero-order valence-corrected chi connectivity index (χ0v) is 19.1. The predicted molar refractivity (Wildman–Crippen MR) is 128 cm³/mol. The molecule has 32 heavy (non-hydrogen) atoms. The van der Waals surface area contributed by atoms with Crippen LogP contribution in [0.3, 0.4) is 0 Å². The largest absolute Gasteiger partial charge is 0.330 e. The zero-order chi connectivity index (χ0) is 22.5. The number of hydrogen-bond donors (Lipinski definition) is 1. The minimum Gasteiger partial charge on any atom is -0.321 e. The Balaban J connectivity index is 1.63. The number of para-hydroxylation sites is 1. The lowest BCUT2D eigenvalue weighted by Gasteiger charge is -2.39. The van der Waals surface area contributed by atoms with E-state index in [1.165, 1.54) is 0 Å². The highest BCUT2D eigenvalue weighted by molar-refractivity contribution is 6.16. The Morgan fingerprint density at radius 3 is 2.78 bits per heavy atom.